The first-order valence-corrected chi connectivity index (χ1v) is 9.31. The molecule has 1 heterocycles. The molecule has 27 heavy (non-hydrogen) atoms. The number of nitrogens with one attached hydrogen (secondary N) is 2. The summed E-state index contributed by atoms with van der Waals surface area (Å²) in [5, 5.41) is 10.7. The molecular weight excluding hydrogens is 455 g/mol. The van der Waals surface area contributed by atoms with Gasteiger partial charge in [0.05, 0.1) is 18.8 Å². The molecule has 7 heteroatoms. The molecule has 1 aromatic heterocycles. The van der Waals surface area contributed by atoms with Gasteiger partial charge < -0.3 is 19.9 Å². The Hall–Kier alpha value is -1.77. The van der Waals surface area contributed by atoms with E-state index in [1.54, 1.807) is 7.05 Å². The maximum atomic E-state index is 5.53. The Bertz CT molecular complexity index is 699. The summed E-state index contributed by atoms with van der Waals surface area (Å²) < 4.78 is 11.0. The summed E-state index contributed by atoms with van der Waals surface area (Å²) in [6.07, 6.45) is 2.14. The van der Waals surface area contributed by atoms with Gasteiger partial charge in [0, 0.05) is 25.6 Å². The molecular formula is C20H31IN4O2. The molecule has 0 atom stereocenters. The number of hydrogen-bond donors (Lipinski definition) is 2. The van der Waals surface area contributed by atoms with Crippen molar-refractivity contribution < 1.29 is 9.26 Å². The summed E-state index contributed by atoms with van der Waals surface area (Å²) in [7, 11) is 1.75. The van der Waals surface area contributed by atoms with Crippen LogP contribution in [0, 0.1) is 0 Å². The monoisotopic (exact) mass is 486 g/mol. The second-order valence-electron chi connectivity index (χ2n) is 6.09. The number of aromatic nitrogens is 1. The molecule has 0 fully saturated rings. The van der Waals surface area contributed by atoms with Gasteiger partial charge in [-0.25, -0.2) is 0 Å². The second kappa shape index (κ2) is 12.6. The number of rotatable bonds is 9. The molecule has 0 saturated carbocycles. The van der Waals surface area contributed by atoms with Gasteiger partial charge in [-0.05, 0) is 37.5 Å². The van der Waals surface area contributed by atoms with Gasteiger partial charge in [0.15, 0.2) is 11.7 Å². The Labute approximate surface area is 179 Å². The third-order valence-corrected chi connectivity index (χ3v) is 4.30. The van der Waals surface area contributed by atoms with Crippen molar-refractivity contribution in [2.75, 3.05) is 13.7 Å². The molecule has 0 spiro atoms. The van der Waals surface area contributed by atoms with E-state index < -0.39 is 0 Å². The minimum Gasteiger partial charge on any atom is -0.494 e. The molecule has 1 aromatic carbocycles. The Kier molecular flexibility index (Phi) is 10.8. The second-order valence-corrected chi connectivity index (χ2v) is 6.09. The van der Waals surface area contributed by atoms with Crippen LogP contribution in [-0.2, 0) is 13.1 Å². The number of nitrogens with zero attached hydrogens (tertiary/aromatic N) is 2. The van der Waals surface area contributed by atoms with E-state index in [0.29, 0.717) is 31.6 Å². The van der Waals surface area contributed by atoms with E-state index >= 15 is 0 Å². The quantitative estimate of drug-likeness (QED) is 0.311. The zero-order valence-electron chi connectivity index (χ0n) is 16.6. The van der Waals surface area contributed by atoms with E-state index in [4.69, 9.17) is 9.26 Å². The average Bonchev–Trinajstić information content (AvgIpc) is 3.12. The highest BCUT2D eigenvalue weighted by molar-refractivity contribution is 14.0. The van der Waals surface area contributed by atoms with Crippen LogP contribution < -0.4 is 15.4 Å². The number of halogens is 1. The first-order valence-electron chi connectivity index (χ1n) is 9.31. The maximum absolute atomic E-state index is 5.53. The predicted molar refractivity (Wildman–Crippen MR) is 120 cm³/mol. The van der Waals surface area contributed by atoms with Gasteiger partial charge in [-0.15, -0.1) is 24.0 Å². The molecule has 0 bridgehead atoms. The fraction of sp³-hybridized carbons (Fsp3) is 0.500. The van der Waals surface area contributed by atoms with Gasteiger partial charge in [-0.3, -0.25) is 4.99 Å². The van der Waals surface area contributed by atoms with Crippen molar-refractivity contribution in [3.8, 4) is 5.75 Å². The molecule has 0 aliphatic heterocycles. The van der Waals surface area contributed by atoms with Crippen LogP contribution in [0.1, 0.15) is 56.5 Å². The Morgan fingerprint density at radius 2 is 1.89 bits per heavy atom. The summed E-state index contributed by atoms with van der Waals surface area (Å²) in [6.45, 7) is 8.20. The molecule has 0 saturated heterocycles. The average molecular weight is 486 g/mol. The lowest BCUT2D eigenvalue weighted by Gasteiger charge is -2.11. The van der Waals surface area contributed by atoms with Gasteiger partial charge >= 0.3 is 0 Å². The van der Waals surface area contributed by atoms with Crippen molar-refractivity contribution in [1.82, 2.24) is 15.8 Å². The zero-order valence-corrected chi connectivity index (χ0v) is 18.9. The van der Waals surface area contributed by atoms with Crippen LogP contribution in [0.3, 0.4) is 0 Å². The largest absolute Gasteiger partial charge is 0.494 e. The molecule has 0 aliphatic carbocycles. The molecule has 0 aliphatic rings. The SMILES string of the molecule is CCOc1cccc(CNC(=NC)NCc2cc(C(CC)CC)no2)c1.I. The molecule has 2 N–H and O–H groups in total. The summed E-state index contributed by atoms with van der Waals surface area (Å²) in [6, 6.07) is 10.1. The highest BCUT2D eigenvalue weighted by Crippen LogP contribution is 2.22. The summed E-state index contributed by atoms with van der Waals surface area (Å²) in [5.74, 6) is 2.87. The molecule has 0 amide bonds. The standard InChI is InChI=1S/C20H30N4O2.HI/c1-5-16(6-2)19-12-18(26-24-19)14-23-20(21-4)22-13-15-9-8-10-17(11-15)25-7-3;/h8-12,16H,5-7,13-14H2,1-4H3,(H2,21,22,23);1H. The van der Waals surface area contributed by atoms with Crippen LogP contribution in [0.15, 0.2) is 39.8 Å². The lowest BCUT2D eigenvalue weighted by atomic mass is 9.99. The smallest absolute Gasteiger partial charge is 0.191 e. The molecule has 2 aromatic rings. The van der Waals surface area contributed by atoms with E-state index in [2.05, 4.69) is 40.7 Å². The highest BCUT2D eigenvalue weighted by Gasteiger charge is 2.13. The van der Waals surface area contributed by atoms with E-state index in [0.717, 1.165) is 35.6 Å². The van der Waals surface area contributed by atoms with Gasteiger partial charge in [-0.1, -0.05) is 31.1 Å². The van der Waals surface area contributed by atoms with Crippen LogP contribution in [0.2, 0.25) is 0 Å². The molecule has 0 unspecified atom stereocenters. The van der Waals surface area contributed by atoms with Crippen molar-refractivity contribution in [3.05, 3.63) is 47.3 Å². The third-order valence-electron chi connectivity index (χ3n) is 4.30. The number of hydrogen-bond acceptors (Lipinski definition) is 4. The molecule has 6 nitrogen and oxygen atoms in total. The predicted octanol–water partition coefficient (Wildman–Crippen LogP) is 4.46. The van der Waals surface area contributed by atoms with Crippen LogP contribution in [0.4, 0.5) is 0 Å². The maximum Gasteiger partial charge on any atom is 0.191 e. The minimum absolute atomic E-state index is 0. The van der Waals surface area contributed by atoms with E-state index in [1.165, 1.54) is 0 Å². The number of benzene rings is 1. The summed E-state index contributed by atoms with van der Waals surface area (Å²) in [5.41, 5.74) is 2.16. The van der Waals surface area contributed by atoms with Crippen LogP contribution >= 0.6 is 24.0 Å². The third kappa shape index (κ3) is 7.40. The van der Waals surface area contributed by atoms with Crippen molar-refractivity contribution in [1.29, 1.82) is 0 Å². The highest BCUT2D eigenvalue weighted by atomic mass is 127. The number of guanidine groups is 1. The van der Waals surface area contributed by atoms with Crippen LogP contribution in [-0.4, -0.2) is 24.8 Å². The number of aliphatic imine (C=N–C) groups is 1. The Balaban J connectivity index is 0.00000364. The Morgan fingerprint density at radius 3 is 2.56 bits per heavy atom. The minimum atomic E-state index is 0. The lowest BCUT2D eigenvalue weighted by molar-refractivity contribution is 0.340. The summed E-state index contributed by atoms with van der Waals surface area (Å²) >= 11 is 0. The summed E-state index contributed by atoms with van der Waals surface area (Å²) in [4.78, 5) is 4.25. The number of ether oxygens (including phenoxy) is 1. The first-order chi connectivity index (χ1) is 12.7. The fourth-order valence-corrected chi connectivity index (χ4v) is 2.80. The first kappa shape index (κ1) is 23.3. The van der Waals surface area contributed by atoms with E-state index in [-0.39, 0.29) is 24.0 Å². The fourth-order valence-electron chi connectivity index (χ4n) is 2.80. The molecule has 150 valence electrons. The van der Waals surface area contributed by atoms with Gasteiger partial charge in [0.2, 0.25) is 0 Å². The van der Waals surface area contributed by atoms with Crippen molar-refractivity contribution in [3.63, 3.8) is 0 Å². The van der Waals surface area contributed by atoms with Gasteiger partial charge in [0.1, 0.15) is 5.75 Å². The van der Waals surface area contributed by atoms with E-state index in [1.807, 2.05) is 31.2 Å². The molecule has 0 radical (unpaired) electrons. The van der Waals surface area contributed by atoms with Crippen molar-refractivity contribution in [2.24, 2.45) is 4.99 Å². The Morgan fingerprint density at radius 1 is 1.15 bits per heavy atom. The van der Waals surface area contributed by atoms with Gasteiger partial charge in [-0.2, -0.15) is 0 Å². The van der Waals surface area contributed by atoms with E-state index in [9.17, 15) is 0 Å². The zero-order chi connectivity index (χ0) is 18.8. The van der Waals surface area contributed by atoms with Crippen molar-refractivity contribution in [2.45, 2.75) is 52.6 Å². The van der Waals surface area contributed by atoms with Crippen molar-refractivity contribution >= 4 is 29.9 Å². The lowest BCUT2D eigenvalue weighted by Crippen LogP contribution is -2.36. The topological polar surface area (TPSA) is 71.7 Å². The van der Waals surface area contributed by atoms with Gasteiger partial charge in [0.25, 0.3) is 0 Å². The normalized spacial score (nSPS) is 11.2. The van der Waals surface area contributed by atoms with Crippen LogP contribution in [0.25, 0.3) is 0 Å². The van der Waals surface area contributed by atoms with Crippen LogP contribution in [0.5, 0.6) is 5.75 Å². The molecule has 2 rings (SSSR count).